The minimum absolute atomic E-state index is 0.0441. The number of aromatic amines is 1. The van der Waals surface area contributed by atoms with Gasteiger partial charge in [-0.3, -0.25) is 82.2 Å². The van der Waals surface area contributed by atoms with Crippen molar-refractivity contribution in [2.45, 2.75) is 139 Å². The number of benzene rings is 1. The number of nitrogens with zero attached hydrogens (tertiary/aromatic N) is 3. The Labute approximate surface area is 482 Å². The van der Waals surface area contributed by atoms with Crippen molar-refractivity contribution < 1.29 is 113 Å². The van der Waals surface area contributed by atoms with Crippen LogP contribution in [0.15, 0.2) is 35.3 Å². The van der Waals surface area contributed by atoms with Crippen LogP contribution in [0.2, 0.25) is 0 Å². The number of H-pyrrole nitrogens is 1. The molecule has 7 amide bonds. The van der Waals surface area contributed by atoms with Gasteiger partial charge in [-0.05, 0) is 69.2 Å². The maximum absolute atomic E-state index is 13.9. The quantitative estimate of drug-likeness (QED) is 0.0261. The molecule has 37 nitrogen and oxygen atoms in total. The number of amides is 7. The van der Waals surface area contributed by atoms with Gasteiger partial charge in [0.05, 0.1) is 24.5 Å². The number of rotatable bonds is 39. The van der Waals surface area contributed by atoms with E-state index in [0.29, 0.717) is 5.69 Å². The standard InChI is InChI=1S/C49H61N13O24/c50-24(5-12-31(63)64)41(78)54-25(6-13-32(65)66)42(79)55-26(7-14-33(67)68)43(80)56-27(8-15-34(69)70)44(81)57-28(9-16-35(71)72)45(82)58-29(10-17-36(73)74)46(83)61-49-60-39-38(47(84)62-49)53-23(20-52-39)19-51-22-3-1-21(2-4-22)40(77)59-30(48(85)86)11-18-37(75)76/h1-4,20,24-30,51H,5-19,50H2,(H,54,78)(H,55,79)(H,56,80)(H,57,81)(H,58,82)(H,59,77)(H,63,64)(H,65,66)(H,67,68)(H,69,70)(H,71,72)(H,73,74)(H,75,76)(H,85,86)(H2,52,60,61,62,83,84)/t24-,25-,26-,27-,28-,29-,30?/m0/s1. The summed E-state index contributed by atoms with van der Waals surface area (Å²) in [6.07, 6.45) is -8.59. The summed E-state index contributed by atoms with van der Waals surface area (Å²) in [6.45, 7) is -0.0751. The number of fused-ring (bicyclic) bond motifs is 1. The molecule has 0 saturated heterocycles. The third-order valence-corrected chi connectivity index (χ3v) is 12.0. The average Bonchev–Trinajstić information content (AvgIpc) is 2.12. The molecule has 0 fully saturated rings. The van der Waals surface area contributed by atoms with Crippen LogP contribution in [-0.4, -0.2) is 192 Å². The van der Waals surface area contributed by atoms with Gasteiger partial charge in [0.2, 0.25) is 41.4 Å². The lowest BCUT2D eigenvalue weighted by Gasteiger charge is -2.27. The summed E-state index contributed by atoms with van der Waals surface area (Å²) in [7, 11) is 0. The van der Waals surface area contributed by atoms with E-state index in [9.17, 15) is 107 Å². The topological polar surface area (TPSA) is 612 Å². The number of carbonyl (C=O) groups is 15. The molecule has 3 rings (SSSR count). The predicted molar refractivity (Wildman–Crippen MR) is 285 cm³/mol. The highest BCUT2D eigenvalue weighted by Gasteiger charge is 2.35. The Balaban J connectivity index is 1.84. The molecule has 2 aromatic heterocycles. The van der Waals surface area contributed by atoms with E-state index in [4.69, 9.17) is 15.9 Å². The molecule has 7 atom stereocenters. The Morgan fingerprint density at radius 2 is 0.814 bits per heavy atom. The summed E-state index contributed by atoms with van der Waals surface area (Å²) < 4.78 is 0. The molecule has 0 aliphatic heterocycles. The summed E-state index contributed by atoms with van der Waals surface area (Å²) in [5, 5.41) is 92.3. The van der Waals surface area contributed by atoms with Gasteiger partial charge >= 0.3 is 47.8 Å². The summed E-state index contributed by atoms with van der Waals surface area (Å²) in [5.41, 5.74) is 4.67. The molecule has 0 spiro atoms. The van der Waals surface area contributed by atoms with Crippen molar-refractivity contribution in [3.63, 3.8) is 0 Å². The Kier molecular flexibility index (Phi) is 27.5. The Morgan fingerprint density at radius 1 is 0.453 bits per heavy atom. The smallest absolute Gasteiger partial charge is 0.326 e. The number of hydrogen-bond donors (Lipinski definition) is 18. The number of nitrogens with two attached hydrogens (primary N) is 1. The van der Waals surface area contributed by atoms with Crippen molar-refractivity contribution >= 4 is 112 Å². The largest absolute Gasteiger partial charge is 0.481 e. The molecule has 3 aromatic rings. The number of carboxylic acid groups (broad SMARTS) is 8. The van der Waals surface area contributed by atoms with Crippen LogP contribution in [0.1, 0.15) is 106 Å². The van der Waals surface area contributed by atoms with Crippen LogP contribution in [0, 0.1) is 0 Å². The number of carboxylic acids is 8. The van der Waals surface area contributed by atoms with Gasteiger partial charge in [-0.25, -0.2) is 14.8 Å². The fraction of sp³-hybridized carbons (Fsp3) is 0.449. The van der Waals surface area contributed by atoms with Gasteiger partial charge in [-0.15, -0.1) is 0 Å². The van der Waals surface area contributed by atoms with Crippen LogP contribution in [0.5, 0.6) is 0 Å². The number of aromatic nitrogens is 4. The van der Waals surface area contributed by atoms with Gasteiger partial charge in [-0.1, -0.05) is 0 Å². The lowest BCUT2D eigenvalue weighted by Crippen LogP contribution is -2.59. The van der Waals surface area contributed by atoms with Crippen LogP contribution in [0.4, 0.5) is 11.6 Å². The molecule has 466 valence electrons. The third kappa shape index (κ3) is 24.8. The molecule has 0 aliphatic rings. The van der Waals surface area contributed by atoms with Crippen LogP contribution < -0.4 is 53.8 Å². The number of aliphatic carboxylic acids is 8. The predicted octanol–water partition coefficient (Wildman–Crippen LogP) is -3.75. The van der Waals surface area contributed by atoms with E-state index in [2.05, 4.69) is 62.5 Å². The first kappa shape index (κ1) is 69.5. The summed E-state index contributed by atoms with van der Waals surface area (Å²) in [5.74, 6) is -20.8. The zero-order valence-corrected chi connectivity index (χ0v) is 45.1. The average molecular weight is 1220 g/mol. The Hall–Kier alpha value is -10.8. The van der Waals surface area contributed by atoms with Gasteiger partial charge in [0, 0.05) is 56.2 Å². The van der Waals surface area contributed by atoms with Crippen molar-refractivity contribution in [3.05, 3.63) is 52.1 Å². The second-order valence-electron chi connectivity index (χ2n) is 18.7. The number of nitrogens with one attached hydrogen (secondary N) is 9. The molecule has 0 aliphatic carbocycles. The minimum atomic E-state index is -2.00. The molecule has 1 unspecified atom stereocenters. The fourth-order valence-electron chi connectivity index (χ4n) is 7.46. The van der Waals surface area contributed by atoms with Gasteiger partial charge in [0.1, 0.15) is 36.3 Å². The summed E-state index contributed by atoms with van der Waals surface area (Å²) >= 11 is 0. The molecule has 19 N–H and O–H groups in total. The SMILES string of the molecule is N[C@@H](CCC(=O)O)C(=O)N[C@@H](CCC(=O)O)C(=O)N[C@@H](CCC(=O)O)C(=O)N[C@@H](CCC(=O)O)C(=O)N[C@@H](CCC(=O)O)C(=O)N[C@@H](CCC(=O)O)C(=O)Nc1nc2ncc(CNc3ccc(C(=O)NC(CCC(=O)O)C(=O)O)cc3)nc2c(=O)[nH]1. The van der Waals surface area contributed by atoms with Gasteiger partial charge in [-0.2, -0.15) is 4.98 Å². The molecular formula is C49H61N13O24. The first-order valence-corrected chi connectivity index (χ1v) is 25.7. The van der Waals surface area contributed by atoms with Crippen LogP contribution >= 0.6 is 0 Å². The van der Waals surface area contributed by atoms with Crippen molar-refractivity contribution in [2.24, 2.45) is 5.73 Å². The van der Waals surface area contributed by atoms with E-state index < -0.39 is 226 Å². The van der Waals surface area contributed by atoms with Crippen LogP contribution in [0.25, 0.3) is 11.2 Å². The summed E-state index contributed by atoms with van der Waals surface area (Å²) in [4.78, 5) is 213. The van der Waals surface area contributed by atoms with Crippen molar-refractivity contribution in [1.82, 2.24) is 51.8 Å². The van der Waals surface area contributed by atoms with E-state index >= 15 is 0 Å². The highest BCUT2D eigenvalue weighted by Crippen LogP contribution is 2.15. The van der Waals surface area contributed by atoms with Gasteiger partial charge in [0.25, 0.3) is 11.5 Å². The van der Waals surface area contributed by atoms with Gasteiger partial charge in [0.15, 0.2) is 11.2 Å². The van der Waals surface area contributed by atoms with Crippen LogP contribution in [0.3, 0.4) is 0 Å². The Bertz CT molecular complexity index is 3120. The normalized spacial score (nSPS) is 13.3. The van der Waals surface area contributed by atoms with E-state index in [1.54, 1.807) is 0 Å². The molecule has 37 heteroatoms. The first-order chi connectivity index (χ1) is 40.4. The second kappa shape index (κ2) is 34.0. The molecule has 1 aromatic carbocycles. The zero-order chi connectivity index (χ0) is 64.4. The van der Waals surface area contributed by atoms with E-state index in [1.807, 2.05) is 0 Å². The van der Waals surface area contributed by atoms with E-state index in [0.717, 1.165) is 0 Å². The highest BCUT2D eigenvalue weighted by atomic mass is 16.4. The van der Waals surface area contributed by atoms with Crippen molar-refractivity contribution in [3.8, 4) is 0 Å². The van der Waals surface area contributed by atoms with Crippen LogP contribution in [-0.2, 0) is 73.7 Å². The number of hydrogen-bond acceptors (Lipinski definition) is 21. The zero-order valence-electron chi connectivity index (χ0n) is 45.1. The van der Waals surface area contributed by atoms with E-state index in [-0.39, 0.29) is 35.4 Å². The van der Waals surface area contributed by atoms with Gasteiger partial charge < -0.3 is 83.8 Å². The molecular weight excluding hydrogens is 1150 g/mol. The summed E-state index contributed by atoms with van der Waals surface area (Å²) in [6, 6.07) is -6.99. The monoisotopic (exact) mass is 1220 g/mol. The third-order valence-electron chi connectivity index (χ3n) is 12.0. The first-order valence-electron chi connectivity index (χ1n) is 25.7. The molecule has 2 heterocycles. The number of carbonyl (C=O) groups excluding carboxylic acids is 7. The maximum atomic E-state index is 13.9. The fourth-order valence-corrected chi connectivity index (χ4v) is 7.46. The van der Waals surface area contributed by atoms with E-state index in [1.165, 1.54) is 30.5 Å². The van der Waals surface area contributed by atoms with Crippen molar-refractivity contribution in [1.29, 1.82) is 0 Å². The highest BCUT2D eigenvalue weighted by molar-refractivity contribution is 6.00. The molecule has 0 radical (unpaired) electrons. The molecule has 86 heavy (non-hydrogen) atoms. The Morgan fingerprint density at radius 3 is 1.20 bits per heavy atom. The second-order valence-corrected chi connectivity index (χ2v) is 18.7. The lowest BCUT2D eigenvalue weighted by molar-refractivity contribution is -0.141. The molecule has 0 saturated carbocycles. The minimum Gasteiger partial charge on any atom is -0.481 e. The number of anilines is 2. The van der Waals surface area contributed by atoms with Crippen molar-refractivity contribution in [2.75, 3.05) is 10.6 Å². The molecule has 0 bridgehead atoms. The maximum Gasteiger partial charge on any atom is 0.326 e. The lowest BCUT2D eigenvalue weighted by atomic mass is 10.0.